The zero-order chi connectivity index (χ0) is 16.5. The summed E-state index contributed by atoms with van der Waals surface area (Å²) in [6.07, 6.45) is 1.53. The van der Waals surface area contributed by atoms with E-state index in [4.69, 9.17) is 10.5 Å². The van der Waals surface area contributed by atoms with E-state index in [1.54, 1.807) is 17.2 Å². The minimum atomic E-state index is -0.474. The molecular weight excluding hydrogens is 280 g/mol. The van der Waals surface area contributed by atoms with E-state index >= 15 is 0 Å². The topological polar surface area (TPSA) is 71.7 Å². The van der Waals surface area contributed by atoms with Crippen molar-refractivity contribution in [3.63, 3.8) is 0 Å². The monoisotopic (exact) mass is 306 g/mol. The number of rotatable bonds is 1. The van der Waals surface area contributed by atoms with Gasteiger partial charge in [0.05, 0.1) is 11.9 Å². The Morgan fingerprint density at radius 1 is 1.27 bits per heavy atom. The van der Waals surface area contributed by atoms with E-state index in [0.717, 1.165) is 12.2 Å². The second-order valence-corrected chi connectivity index (χ2v) is 6.92. The number of carbonyl (C=O) groups is 1. The SMILES string of the molecule is C[C@@H]1CN(c2ccc(N)nc2)[C@@H](C)CN1C(=O)OC(C)(C)C. The Balaban J connectivity index is 2.08. The number of hydrogen-bond acceptors (Lipinski definition) is 5. The molecule has 2 N–H and O–H groups in total. The molecule has 0 saturated carbocycles. The Kier molecular flexibility index (Phi) is 4.49. The van der Waals surface area contributed by atoms with Crippen LogP contribution in [0.3, 0.4) is 0 Å². The molecule has 0 radical (unpaired) electrons. The van der Waals surface area contributed by atoms with Crippen molar-refractivity contribution in [1.29, 1.82) is 0 Å². The molecule has 2 atom stereocenters. The maximum atomic E-state index is 12.3. The van der Waals surface area contributed by atoms with Crippen LogP contribution in [0.5, 0.6) is 0 Å². The van der Waals surface area contributed by atoms with Crippen LogP contribution in [0.4, 0.5) is 16.3 Å². The van der Waals surface area contributed by atoms with Crippen LogP contribution >= 0.6 is 0 Å². The molecule has 0 spiro atoms. The van der Waals surface area contributed by atoms with Crippen molar-refractivity contribution in [2.45, 2.75) is 52.3 Å². The molecule has 6 heteroatoms. The molecule has 1 saturated heterocycles. The molecule has 0 bridgehead atoms. The van der Waals surface area contributed by atoms with Gasteiger partial charge in [-0.25, -0.2) is 9.78 Å². The van der Waals surface area contributed by atoms with Crippen LogP contribution < -0.4 is 10.6 Å². The van der Waals surface area contributed by atoms with Crippen molar-refractivity contribution >= 4 is 17.6 Å². The van der Waals surface area contributed by atoms with E-state index in [1.165, 1.54) is 0 Å². The van der Waals surface area contributed by atoms with Crippen molar-refractivity contribution < 1.29 is 9.53 Å². The summed E-state index contributed by atoms with van der Waals surface area (Å²) >= 11 is 0. The van der Waals surface area contributed by atoms with Gasteiger partial charge in [0.1, 0.15) is 11.4 Å². The van der Waals surface area contributed by atoms with E-state index in [-0.39, 0.29) is 18.2 Å². The Morgan fingerprint density at radius 2 is 1.95 bits per heavy atom. The number of aromatic nitrogens is 1. The van der Waals surface area contributed by atoms with Gasteiger partial charge in [0.2, 0.25) is 0 Å². The summed E-state index contributed by atoms with van der Waals surface area (Å²) in [5, 5.41) is 0. The van der Waals surface area contributed by atoms with Gasteiger partial charge in [0.25, 0.3) is 0 Å². The van der Waals surface area contributed by atoms with Gasteiger partial charge in [-0.15, -0.1) is 0 Å². The van der Waals surface area contributed by atoms with E-state index in [2.05, 4.69) is 16.8 Å². The lowest BCUT2D eigenvalue weighted by molar-refractivity contribution is 0.0130. The number of nitrogens with two attached hydrogens (primary N) is 1. The Labute approximate surface area is 132 Å². The average molecular weight is 306 g/mol. The Hall–Kier alpha value is -1.98. The highest BCUT2D eigenvalue weighted by Gasteiger charge is 2.34. The second kappa shape index (κ2) is 6.02. The number of nitrogen functional groups attached to an aromatic ring is 1. The number of ether oxygens (including phenoxy) is 1. The average Bonchev–Trinajstić information content (AvgIpc) is 2.40. The molecule has 2 heterocycles. The van der Waals surface area contributed by atoms with Crippen LogP contribution in [0.15, 0.2) is 18.3 Å². The third-order valence-corrected chi connectivity index (χ3v) is 3.72. The number of amides is 1. The summed E-state index contributed by atoms with van der Waals surface area (Å²) < 4.78 is 5.49. The molecule has 22 heavy (non-hydrogen) atoms. The number of pyridine rings is 1. The largest absolute Gasteiger partial charge is 0.444 e. The molecule has 1 amide bonds. The molecule has 0 aromatic carbocycles. The summed E-state index contributed by atoms with van der Waals surface area (Å²) in [6.45, 7) is 11.2. The fourth-order valence-electron chi connectivity index (χ4n) is 2.63. The van der Waals surface area contributed by atoms with Crippen LogP contribution in [0, 0.1) is 0 Å². The maximum absolute atomic E-state index is 12.3. The number of carbonyl (C=O) groups excluding carboxylic acids is 1. The van der Waals surface area contributed by atoms with Gasteiger partial charge in [-0.1, -0.05) is 0 Å². The number of anilines is 2. The quantitative estimate of drug-likeness (QED) is 0.863. The van der Waals surface area contributed by atoms with Gasteiger partial charge in [-0.3, -0.25) is 0 Å². The highest BCUT2D eigenvalue weighted by Crippen LogP contribution is 2.24. The zero-order valence-electron chi connectivity index (χ0n) is 14.0. The molecule has 1 fully saturated rings. The predicted molar refractivity (Wildman–Crippen MR) is 87.9 cm³/mol. The molecule has 6 nitrogen and oxygen atoms in total. The van der Waals surface area contributed by atoms with Crippen molar-refractivity contribution in [2.24, 2.45) is 0 Å². The summed E-state index contributed by atoms with van der Waals surface area (Å²) in [4.78, 5) is 20.5. The molecule has 122 valence electrons. The van der Waals surface area contributed by atoms with Crippen LogP contribution in [0.1, 0.15) is 34.6 Å². The van der Waals surface area contributed by atoms with Crippen LogP contribution in [0.25, 0.3) is 0 Å². The third-order valence-electron chi connectivity index (χ3n) is 3.72. The molecule has 0 aliphatic carbocycles. The third kappa shape index (κ3) is 3.81. The molecule has 1 aliphatic rings. The summed E-state index contributed by atoms with van der Waals surface area (Å²) in [7, 11) is 0. The molecule has 1 aliphatic heterocycles. The van der Waals surface area contributed by atoms with Gasteiger partial charge >= 0.3 is 6.09 Å². The summed E-state index contributed by atoms with van der Waals surface area (Å²) in [6, 6.07) is 4.03. The van der Waals surface area contributed by atoms with Crippen LogP contribution in [-0.2, 0) is 4.74 Å². The summed E-state index contributed by atoms with van der Waals surface area (Å²) in [5.74, 6) is 0.511. The van der Waals surface area contributed by atoms with Crippen molar-refractivity contribution in [1.82, 2.24) is 9.88 Å². The highest BCUT2D eigenvalue weighted by molar-refractivity contribution is 5.69. The van der Waals surface area contributed by atoms with E-state index < -0.39 is 5.60 Å². The predicted octanol–water partition coefficient (Wildman–Crippen LogP) is 2.50. The first-order valence-electron chi connectivity index (χ1n) is 7.65. The lowest BCUT2D eigenvalue weighted by atomic mass is 10.1. The van der Waals surface area contributed by atoms with Gasteiger partial charge < -0.3 is 20.3 Å². The molecule has 2 rings (SSSR count). The first-order valence-corrected chi connectivity index (χ1v) is 7.65. The van der Waals surface area contributed by atoms with Crippen LogP contribution in [0.2, 0.25) is 0 Å². The van der Waals surface area contributed by atoms with Crippen molar-refractivity contribution in [2.75, 3.05) is 23.7 Å². The van der Waals surface area contributed by atoms with Gasteiger partial charge in [-0.05, 0) is 46.8 Å². The minimum Gasteiger partial charge on any atom is -0.444 e. The Morgan fingerprint density at radius 3 is 2.50 bits per heavy atom. The Bertz CT molecular complexity index is 524. The van der Waals surface area contributed by atoms with Crippen molar-refractivity contribution in [3.05, 3.63) is 18.3 Å². The van der Waals surface area contributed by atoms with Crippen LogP contribution in [-0.4, -0.2) is 46.8 Å². The first-order chi connectivity index (χ1) is 10.2. The smallest absolute Gasteiger partial charge is 0.410 e. The lowest BCUT2D eigenvalue weighted by Gasteiger charge is -2.45. The number of nitrogens with zero attached hydrogens (tertiary/aromatic N) is 3. The van der Waals surface area contributed by atoms with E-state index in [9.17, 15) is 4.79 Å². The summed E-state index contributed by atoms with van der Waals surface area (Å²) in [5.41, 5.74) is 6.19. The normalized spacial score (nSPS) is 22.6. The molecular formula is C16H26N4O2. The standard InChI is InChI=1S/C16H26N4O2/c1-11-10-20(15(21)22-16(3,4)5)12(2)9-19(11)13-6-7-14(17)18-8-13/h6-8,11-12H,9-10H2,1-5H3,(H2,17,18)/t11-,12+/m0/s1. The van der Waals surface area contributed by atoms with E-state index in [0.29, 0.717) is 12.4 Å². The van der Waals surface area contributed by atoms with Gasteiger partial charge in [0, 0.05) is 25.2 Å². The van der Waals surface area contributed by atoms with E-state index in [1.807, 2.05) is 33.8 Å². The molecule has 1 aromatic rings. The fraction of sp³-hybridized carbons (Fsp3) is 0.625. The molecule has 1 aromatic heterocycles. The number of hydrogen-bond donors (Lipinski definition) is 1. The minimum absolute atomic E-state index is 0.0728. The second-order valence-electron chi connectivity index (χ2n) is 6.92. The van der Waals surface area contributed by atoms with Gasteiger partial charge in [0.15, 0.2) is 0 Å². The van der Waals surface area contributed by atoms with Crippen molar-refractivity contribution in [3.8, 4) is 0 Å². The lowest BCUT2D eigenvalue weighted by Crippen LogP contribution is -2.59. The highest BCUT2D eigenvalue weighted by atomic mass is 16.6. The molecule has 0 unspecified atom stereocenters. The van der Waals surface area contributed by atoms with Gasteiger partial charge in [-0.2, -0.15) is 0 Å². The number of piperazine rings is 1. The first kappa shape index (κ1) is 16.4. The maximum Gasteiger partial charge on any atom is 0.410 e. The fourth-order valence-corrected chi connectivity index (χ4v) is 2.63. The zero-order valence-corrected chi connectivity index (χ0v) is 14.0.